The van der Waals surface area contributed by atoms with E-state index >= 15 is 0 Å². The van der Waals surface area contributed by atoms with Gasteiger partial charge in [-0.2, -0.15) is 0 Å². The van der Waals surface area contributed by atoms with Crippen molar-refractivity contribution < 1.29 is 21.3 Å². The third-order valence-corrected chi connectivity index (χ3v) is 16.4. The van der Waals surface area contributed by atoms with Crippen molar-refractivity contribution in [3.05, 3.63) is 80.2 Å². The topological polar surface area (TPSA) is 0 Å². The van der Waals surface area contributed by atoms with Crippen LogP contribution in [-0.2, 0) is 32.1 Å². The Labute approximate surface area is 203 Å². The van der Waals surface area contributed by atoms with Crippen LogP contribution in [0.25, 0.3) is 11.1 Å². The first-order chi connectivity index (χ1) is 15.1. The molecule has 0 unspecified atom stereocenters. The van der Waals surface area contributed by atoms with E-state index in [-0.39, 0.29) is 10.8 Å². The van der Waals surface area contributed by atoms with Crippen LogP contribution >= 0.6 is 0 Å². The zero-order chi connectivity index (χ0) is 22.7. The number of allylic oxidation sites excluding steroid dienone is 4. The molecule has 0 amide bonds. The second-order valence-corrected chi connectivity index (χ2v) is 18.9. The summed E-state index contributed by atoms with van der Waals surface area (Å²) < 4.78 is 4.48. The summed E-state index contributed by atoms with van der Waals surface area (Å²) in [5.41, 5.74) is 9.62. The van der Waals surface area contributed by atoms with E-state index in [1.807, 2.05) is 6.49 Å². The molecule has 0 aliphatic heterocycles. The normalized spacial score (nSPS) is 18.2. The van der Waals surface area contributed by atoms with E-state index in [0.717, 1.165) is 0 Å². The van der Waals surface area contributed by atoms with Crippen LogP contribution in [0.3, 0.4) is 0 Å². The summed E-state index contributed by atoms with van der Waals surface area (Å²) in [6.45, 7) is 14.1. The Morgan fingerprint density at radius 3 is 1.72 bits per heavy atom. The van der Waals surface area contributed by atoms with Crippen molar-refractivity contribution in [3.63, 3.8) is 0 Å². The summed E-state index contributed by atoms with van der Waals surface area (Å²) >= 11 is -2.02. The molecule has 166 valence electrons. The van der Waals surface area contributed by atoms with Crippen LogP contribution < -0.4 is 0 Å². The molecule has 0 radical (unpaired) electrons. The molecule has 1 saturated carbocycles. The first-order valence-corrected chi connectivity index (χ1v) is 16.4. The second kappa shape index (κ2) is 8.16. The minimum atomic E-state index is -2.02. The number of fused-ring (bicyclic) bond motifs is 3. The van der Waals surface area contributed by atoms with Gasteiger partial charge in [0.1, 0.15) is 0 Å². The van der Waals surface area contributed by atoms with Gasteiger partial charge in [0.05, 0.1) is 0 Å². The summed E-state index contributed by atoms with van der Waals surface area (Å²) in [6, 6.07) is 15.0. The molecule has 1 fully saturated rings. The van der Waals surface area contributed by atoms with Crippen molar-refractivity contribution in [1.29, 1.82) is 0 Å². The molecule has 0 atom stereocenters. The third-order valence-electron chi connectivity index (χ3n) is 7.74. The van der Waals surface area contributed by atoms with Crippen LogP contribution in [-0.4, -0.2) is 3.21 Å². The summed E-state index contributed by atoms with van der Waals surface area (Å²) in [5.74, 6) is 0. The predicted octanol–water partition coefficient (Wildman–Crippen LogP) is 8.56. The van der Waals surface area contributed by atoms with Crippen LogP contribution in [0.2, 0.25) is 0 Å². The second-order valence-electron chi connectivity index (χ2n) is 12.1. The van der Waals surface area contributed by atoms with Crippen LogP contribution in [0.15, 0.2) is 57.9 Å². The first-order valence-electron chi connectivity index (χ1n) is 12.5. The molecule has 0 N–H and O–H groups in total. The van der Waals surface area contributed by atoms with Crippen molar-refractivity contribution in [2.45, 2.75) is 88.1 Å². The van der Waals surface area contributed by atoms with Gasteiger partial charge >= 0.3 is 204 Å². The Morgan fingerprint density at radius 1 is 0.750 bits per heavy atom. The van der Waals surface area contributed by atoms with Gasteiger partial charge in [0, 0.05) is 0 Å². The molecule has 0 bridgehead atoms. The van der Waals surface area contributed by atoms with Crippen LogP contribution in [0, 0.1) is 0 Å². The van der Waals surface area contributed by atoms with Gasteiger partial charge in [-0.05, 0) is 0 Å². The fraction of sp³-hybridized carbons (Fsp3) is 0.452. The maximum atomic E-state index is 2.54. The van der Waals surface area contributed by atoms with E-state index in [1.165, 1.54) is 54.4 Å². The molecule has 2 aromatic carbocycles. The van der Waals surface area contributed by atoms with Gasteiger partial charge < -0.3 is 0 Å². The summed E-state index contributed by atoms with van der Waals surface area (Å²) in [4.78, 5) is 0. The number of hydrogen-bond acceptors (Lipinski definition) is 0. The van der Waals surface area contributed by atoms with E-state index in [2.05, 4.69) is 96.2 Å². The molecule has 5 rings (SSSR count). The Bertz CT molecular complexity index is 1090. The van der Waals surface area contributed by atoms with Crippen LogP contribution in [0.5, 0.6) is 0 Å². The molecule has 0 aromatic heterocycles. The third kappa shape index (κ3) is 3.94. The predicted molar refractivity (Wildman–Crippen MR) is 136 cm³/mol. The number of rotatable bonds is 2. The molecular formula is C31H38Zr. The minimum absolute atomic E-state index is 0.175. The van der Waals surface area contributed by atoms with Gasteiger partial charge in [0.25, 0.3) is 0 Å². The average molecular weight is 502 g/mol. The van der Waals surface area contributed by atoms with Crippen molar-refractivity contribution in [1.82, 2.24) is 0 Å². The fourth-order valence-corrected chi connectivity index (χ4v) is 15.3. The SMILES string of the molecule is CC(C)(C)c1ccc2c(c1)-c1cc(C(C)(C)C)ccc1[CH]2[Zr]([C]1=CC=CC1)=[C]1CCCC1. The van der Waals surface area contributed by atoms with Gasteiger partial charge in [-0.25, -0.2) is 0 Å². The molecule has 32 heavy (non-hydrogen) atoms. The fourth-order valence-electron chi connectivity index (χ4n) is 5.83. The number of hydrogen-bond donors (Lipinski definition) is 0. The summed E-state index contributed by atoms with van der Waals surface area (Å²) in [6.07, 6.45) is 14.1. The Kier molecular flexibility index (Phi) is 5.73. The van der Waals surface area contributed by atoms with Crippen LogP contribution in [0.4, 0.5) is 0 Å². The Hall–Kier alpha value is -1.33. The zero-order valence-corrected chi connectivity index (χ0v) is 23.3. The Balaban J connectivity index is 1.76. The summed E-state index contributed by atoms with van der Waals surface area (Å²) in [7, 11) is 0. The van der Waals surface area contributed by atoms with E-state index in [0.29, 0.717) is 3.63 Å². The molecule has 0 heterocycles. The Morgan fingerprint density at radius 2 is 1.28 bits per heavy atom. The summed E-state index contributed by atoms with van der Waals surface area (Å²) in [5, 5.41) is 0. The van der Waals surface area contributed by atoms with E-state index < -0.39 is 21.3 Å². The molecule has 0 saturated heterocycles. The standard InChI is InChI=1S/C21H25.C5H8.C5H5.Zr/c1-20(2,3)16-9-7-14-11-15-8-10-17(21(4,5)6)13-19(15)18(14)12-16;2*1-2-4-5-3-1;/h7-13H,1-6H3;1-4H2;1-3H,4H2;. The van der Waals surface area contributed by atoms with Crippen LogP contribution in [0.1, 0.15) is 99.5 Å². The van der Waals surface area contributed by atoms with E-state index in [9.17, 15) is 0 Å². The first kappa shape index (κ1) is 22.5. The quantitative estimate of drug-likeness (QED) is 0.386. The maximum absolute atomic E-state index is 2.54. The van der Waals surface area contributed by atoms with Crippen molar-refractivity contribution >= 4 is 3.21 Å². The van der Waals surface area contributed by atoms with Gasteiger partial charge in [-0.15, -0.1) is 0 Å². The molecule has 3 aliphatic rings. The number of benzene rings is 2. The van der Waals surface area contributed by atoms with Gasteiger partial charge in [0.2, 0.25) is 0 Å². The molecule has 3 aliphatic carbocycles. The van der Waals surface area contributed by atoms with E-state index in [4.69, 9.17) is 0 Å². The molecule has 0 nitrogen and oxygen atoms in total. The van der Waals surface area contributed by atoms with Crippen molar-refractivity contribution in [3.8, 4) is 11.1 Å². The van der Waals surface area contributed by atoms with Gasteiger partial charge in [-0.1, -0.05) is 0 Å². The monoisotopic (exact) mass is 500 g/mol. The van der Waals surface area contributed by atoms with Crippen molar-refractivity contribution in [2.75, 3.05) is 0 Å². The van der Waals surface area contributed by atoms with Crippen molar-refractivity contribution in [2.24, 2.45) is 0 Å². The zero-order valence-electron chi connectivity index (χ0n) is 20.8. The van der Waals surface area contributed by atoms with Gasteiger partial charge in [-0.3, -0.25) is 0 Å². The average Bonchev–Trinajstić information content (AvgIpc) is 3.48. The molecule has 2 aromatic rings. The molecule has 0 spiro atoms. The van der Waals surface area contributed by atoms with Gasteiger partial charge in [0.15, 0.2) is 0 Å². The van der Waals surface area contributed by atoms with E-state index in [1.54, 1.807) is 11.1 Å². The molecular weight excluding hydrogens is 464 g/mol. The molecule has 1 heteroatoms.